The zero-order valence-electron chi connectivity index (χ0n) is 11.5. The largest absolute Gasteiger partial charge is 0.379 e. The summed E-state index contributed by atoms with van der Waals surface area (Å²) in [5.74, 6) is 0.873. The van der Waals surface area contributed by atoms with Gasteiger partial charge in [0.1, 0.15) is 0 Å². The first-order chi connectivity index (χ1) is 8.26. The second-order valence-electron chi connectivity index (χ2n) is 5.79. The van der Waals surface area contributed by atoms with E-state index < -0.39 is 0 Å². The highest BCUT2D eigenvalue weighted by atomic mass is 16.5. The second kappa shape index (κ2) is 5.68. The first kappa shape index (κ1) is 13.3. The third kappa shape index (κ3) is 2.38. The molecule has 0 bridgehead atoms. The van der Waals surface area contributed by atoms with Crippen molar-refractivity contribution in [3.63, 3.8) is 0 Å². The molecule has 3 nitrogen and oxygen atoms in total. The van der Waals surface area contributed by atoms with E-state index in [-0.39, 0.29) is 5.54 Å². The molecule has 1 aliphatic heterocycles. The Morgan fingerprint density at radius 2 is 2.18 bits per heavy atom. The van der Waals surface area contributed by atoms with E-state index >= 15 is 0 Å². The van der Waals surface area contributed by atoms with Crippen LogP contribution in [0.15, 0.2) is 0 Å². The van der Waals surface area contributed by atoms with E-state index in [0.29, 0.717) is 6.10 Å². The molecule has 0 spiro atoms. The van der Waals surface area contributed by atoms with E-state index in [1.54, 1.807) is 0 Å². The van der Waals surface area contributed by atoms with E-state index in [9.17, 15) is 0 Å². The molecule has 17 heavy (non-hydrogen) atoms. The van der Waals surface area contributed by atoms with Crippen molar-refractivity contribution in [1.29, 1.82) is 0 Å². The first-order valence-electron chi connectivity index (χ1n) is 7.24. The lowest BCUT2D eigenvalue weighted by molar-refractivity contribution is -0.0681. The van der Waals surface area contributed by atoms with Crippen LogP contribution in [0.4, 0.5) is 0 Å². The summed E-state index contributed by atoms with van der Waals surface area (Å²) in [7, 11) is 1.85. The molecule has 0 aromatic heterocycles. The summed E-state index contributed by atoms with van der Waals surface area (Å²) in [6.07, 6.45) is 8.00. The molecule has 2 aliphatic rings. The molecule has 1 saturated heterocycles. The lowest BCUT2D eigenvalue weighted by Crippen LogP contribution is -2.62. The Labute approximate surface area is 106 Å². The van der Waals surface area contributed by atoms with Crippen LogP contribution in [0.5, 0.6) is 0 Å². The standard InChI is InChI=1S/C14H28N2O/c1-3-12-7-9-16(10-12)14(11-15)8-5-4-6-13(14)17-2/h12-13H,3-11,15H2,1-2H3. The Kier molecular flexibility index (Phi) is 4.45. The van der Waals surface area contributed by atoms with Crippen molar-refractivity contribution in [2.45, 2.75) is 57.1 Å². The van der Waals surface area contributed by atoms with Gasteiger partial charge in [-0.05, 0) is 31.7 Å². The predicted octanol–water partition coefficient (Wildman–Crippen LogP) is 2.00. The van der Waals surface area contributed by atoms with Gasteiger partial charge in [-0.25, -0.2) is 0 Å². The summed E-state index contributed by atoms with van der Waals surface area (Å²) >= 11 is 0. The molecule has 2 N–H and O–H groups in total. The fourth-order valence-corrected chi connectivity index (χ4v) is 3.82. The summed E-state index contributed by atoms with van der Waals surface area (Å²) < 4.78 is 5.76. The lowest BCUT2D eigenvalue weighted by atomic mass is 9.77. The minimum absolute atomic E-state index is 0.136. The Morgan fingerprint density at radius 3 is 2.76 bits per heavy atom. The van der Waals surface area contributed by atoms with Gasteiger partial charge in [0, 0.05) is 20.2 Å². The van der Waals surface area contributed by atoms with Gasteiger partial charge < -0.3 is 10.5 Å². The number of hydrogen-bond donors (Lipinski definition) is 1. The van der Waals surface area contributed by atoms with Crippen LogP contribution in [-0.4, -0.2) is 43.3 Å². The SMILES string of the molecule is CCC1CCN(C2(CN)CCCCC2OC)C1. The topological polar surface area (TPSA) is 38.5 Å². The average molecular weight is 240 g/mol. The minimum atomic E-state index is 0.136. The van der Waals surface area contributed by atoms with E-state index in [4.69, 9.17) is 10.5 Å². The lowest BCUT2D eigenvalue weighted by Gasteiger charge is -2.49. The van der Waals surface area contributed by atoms with Crippen LogP contribution in [0.25, 0.3) is 0 Å². The van der Waals surface area contributed by atoms with Gasteiger partial charge in [0.05, 0.1) is 11.6 Å². The highest BCUT2D eigenvalue weighted by Crippen LogP contribution is 2.38. The van der Waals surface area contributed by atoms with Gasteiger partial charge in [-0.3, -0.25) is 4.90 Å². The summed E-state index contributed by atoms with van der Waals surface area (Å²) in [6, 6.07) is 0. The predicted molar refractivity (Wildman–Crippen MR) is 71.0 cm³/mol. The third-order valence-electron chi connectivity index (χ3n) is 5.06. The van der Waals surface area contributed by atoms with Crippen LogP contribution in [-0.2, 0) is 4.74 Å². The molecule has 1 aliphatic carbocycles. The fourth-order valence-electron chi connectivity index (χ4n) is 3.82. The molecule has 2 fully saturated rings. The molecule has 0 radical (unpaired) electrons. The molecule has 0 amide bonds. The molecule has 3 heteroatoms. The fraction of sp³-hybridized carbons (Fsp3) is 1.00. The van der Waals surface area contributed by atoms with Gasteiger partial charge in [-0.2, -0.15) is 0 Å². The maximum absolute atomic E-state index is 6.15. The monoisotopic (exact) mass is 240 g/mol. The minimum Gasteiger partial charge on any atom is -0.379 e. The van der Waals surface area contributed by atoms with Crippen LogP contribution in [0.1, 0.15) is 45.4 Å². The summed E-state index contributed by atoms with van der Waals surface area (Å²) in [5, 5.41) is 0. The summed E-state index contributed by atoms with van der Waals surface area (Å²) in [4.78, 5) is 2.65. The molecular weight excluding hydrogens is 212 g/mol. The van der Waals surface area contributed by atoms with Crippen molar-refractivity contribution in [1.82, 2.24) is 4.90 Å². The molecule has 100 valence electrons. The Balaban J connectivity index is 2.11. The maximum Gasteiger partial charge on any atom is 0.0767 e. The van der Waals surface area contributed by atoms with Gasteiger partial charge in [0.2, 0.25) is 0 Å². The van der Waals surface area contributed by atoms with Crippen molar-refractivity contribution < 1.29 is 4.74 Å². The summed E-state index contributed by atoms with van der Waals surface area (Å²) in [5.41, 5.74) is 6.29. The van der Waals surface area contributed by atoms with Gasteiger partial charge in [-0.15, -0.1) is 0 Å². The average Bonchev–Trinajstić information content (AvgIpc) is 2.87. The van der Waals surface area contributed by atoms with E-state index in [0.717, 1.165) is 12.5 Å². The first-order valence-corrected chi connectivity index (χ1v) is 7.24. The molecule has 0 aromatic carbocycles. The maximum atomic E-state index is 6.15. The number of methoxy groups -OCH3 is 1. The zero-order chi connectivity index (χ0) is 12.3. The number of hydrogen-bond acceptors (Lipinski definition) is 3. The van der Waals surface area contributed by atoms with Crippen LogP contribution in [0, 0.1) is 5.92 Å². The molecule has 2 rings (SSSR count). The highest BCUT2D eigenvalue weighted by Gasteiger charge is 2.46. The van der Waals surface area contributed by atoms with Crippen molar-refractivity contribution in [2.75, 3.05) is 26.7 Å². The van der Waals surface area contributed by atoms with Gasteiger partial charge >= 0.3 is 0 Å². The highest BCUT2D eigenvalue weighted by molar-refractivity contribution is 5.03. The quantitative estimate of drug-likeness (QED) is 0.817. The van der Waals surface area contributed by atoms with E-state index in [2.05, 4.69) is 11.8 Å². The Bertz CT molecular complexity index is 246. The smallest absolute Gasteiger partial charge is 0.0767 e. The molecule has 3 atom stereocenters. The van der Waals surface area contributed by atoms with Gasteiger partial charge in [-0.1, -0.05) is 26.2 Å². The number of ether oxygens (including phenoxy) is 1. The van der Waals surface area contributed by atoms with E-state index in [1.807, 2.05) is 7.11 Å². The zero-order valence-corrected chi connectivity index (χ0v) is 11.5. The van der Waals surface area contributed by atoms with Crippen molar-refractivity contribution in [3.05, 3.63) is 0 Å². The van der Waals surface area contributed by atoms with Crippen molar-refractivity contribution in [2.24, 2.45) is 11.7 Å². The van der Waals surface area contributed by atoms with Crippen LogP contribution < -0.4 is 5.73 Å². The van der Waals surface area contributed by atoms with Crippen LogP contribution in [0.2, 0.25) is 0 Å². The number of nitrogens with zero attached hydrogens (tertiary/aromatic N) is 1. The molecule has 3 unspecified atom stereocenters. The molecule has 0 aromatic rings. The molecule has 1 saturated carbocycles. The normalized spacial score (nSPS) is 39.7. The van der Waals surface area contributed by atoms with E-state index in [1.165, 1.54) is 51.6 Å². The van der Waals surface area contributed by atoms with Crippen molar-refractivity contribution >= 4 is 0 Å². The third-order valence-corrected chi connectivity index (χ3v) is 5.06. The Hall–Kier alpha value is -0.120. The van der Waals surface area contributed by atoms with Gasteiger partial charge in [0.15, 0.2) is 0 Å². The number of nitrogens with two attached hydrogens (primary N) is 1. The molecule has 1 heterocycles. The van der Waals surface area contributed by atoms with Gasteiger partial charge in [0.25, 0.3) is 0 Å². The van der Waals surface area contributed by atoms with Crippen molar-refractivity contribution in [3.8, 4) is 0 Å². The van der Waals surface area contributed by atoms with Crippen LogP contribution in [0.3, 0.4) is 0 Å². The number of rotatable bonds is 4. The second-order valence-corrected chi connectivity index (χ2v) is 5.79. The Morgan fingerprint density at radius 1 is 1.35 bits per heavy atom. The summed E-state index contributed by atoms with van der Waals surface area (Å²) in [6.45, 7) is 5.50. The number of likely N-dealkylation sites (tertiary alicyclic amines) is 1. The molecular formula is C14H28N2O. The van der Waals surface area contributed by atoms with Crippen LogP contribution >= 0.6 is 0 Å².